The molecule has 1 saturated heterocycles. The van der Waals surface area contributed by atoms with Crippen molar-refractivity contribution in [3.8, 4) is 0 Å². The Hall–Kier alpha value is 0.335. The van der Waals surface area contributed by atoms with Crippen molar-refractivity contribution in [2.45, 2.75) is 13.8 Å². The molecule has 0 aromatic rings. The molecule has 10 heavy (non-hydrogen) atoms. The van der Waals surface area contributed by atoms with Gasteiger partial charge < -0.3 is 9.31 Å². The summed E-state index contributed by atoms with van der Waals surface area (Å²) in [5.41, 5.74) is 0.201. The molecule has 0 aliphatic carbocycles. The van der Waals surface area contributed by atoms with Gasteiger partial charge in [-0.3, -0.25) is 0 Å². The Bertz CT molecular complexity index is 108. The number of rotatable bonds is 1. The molecule has 0 amide bonds. The molecular formula is C6H13BO2S. The summed E-state index contributed by atoms with van der Waals surface area (Å²) in [7, 11) is 0. The van der Waals surface area contributed by atoms with E-state index in [1.807, 2.05) is 6.26 Å². The molecule has 1 fully saturated rings. The maximum Gasteiger partial charge on any atom is 0.531 e. The molecular weight excluding hydrogens is 147 g/mol. The van der Waals surface area contributed by atoms with E-state index >= 15 is 0 Å². The molecule has 0 atom stereocenters. The molecule has 0 saturated carbocycles. The van der Waals surface area contributed by atoms with E-state index in [1.54, 1.807) is 11.6 Å². The first-order valence-electron chi connectivity index (χ1n) is 3.40. The second kappa shape index (κ2) is 3.16. The Morgan fingerprint density at radius 2 is 1.80 bits per heavy atom. The van der Waals surface area contributed by atoms with Gasteiger partial charge in [0.1, 0.15) is 0 Å². The van der Waals surface area contributed by atoms with E-state index < -0.39 is 0 Å². The smallest absolute Gasteiger partial charge is 0.401 e. The van der Waals surface area contributed by atoms with Gasteiger partial charge in [-0.25, -0.2) is 0 Å². The lowest BCUT2D eigenvalue weighted by molar-refractivity contribution is 0.0388. The minimum atomic E-state index is -0.0342. The zero-order chi connectivity index (χ0) is 7.61. The summed E-state index contributed by atoms with van der Waals surface area (Å²) >= 11 is 1.60. The monoisotopic (exact) mass is 160 g/mol. The Labute approximate surface area is 66.7 Å². The van der Waals surface area contributed by atoms with Gasteiger partial charge in [0.2, 0.25) is 0 Å². The molecule has 0 spiro atoms. The van der Waals surface area contributed by atoms with Crippen molar-refractivity contribution in [2.75, 3.05) is 19.5 Å². The third-order valence-corrected chi connectivity index (χ3v) is 2.07. The van der Waals surface area contributed by atoms with E-state index in [0.717, 1.165) is 13.2 Å². The van der Waals surface area contributed by atoms with Crippen LogP contribution in [0.25, 0.3) is 0 Å². The van der Waals surface area contributed by atoms with Crippen LogP contribution in [-0.2, 0) is 9.31 Å². The average Bonchev–Trinajstić information content (AvgIpc) is 1.88. The van der Waals surface area contributed by atoms with Gasteiger partial charge in [-0.2, -0.15) is 0 Å². The second-order valence-corrected chi connectivity index (χ2v) is 4.17. The molecule has 0 radical (unpaired) electrons. The predicted octanol–water partition coefficient (Wildman–Crippen LogP) is 1.41. The van der Waals surface area contributed by atoms with E-state index in [-0.39, 0.29) is 11.8 Å². The van der Waals surface area contributed by atoms with Crippen LogP contribution in [0.1, 0.15) is 13.8 Å². The summed E-state index contributed by atoms with van der Waals surface area (Å²) in [6.07, 6.45) is 1.95. The third-order valence-electron chi connectivity index (χ3n) is 1.41. The van der Waals surface area contributed by atoms with Gasteiger partial charge in [-0.1, -0.05) is 13.8 Å². The summed E-state index contributed by atoms with van der Waals surface area (Å²) in [5.74, 6) is 0. The van der Waals surface area contributed by atoms with Gasteiger partial charge in [0, 0.05) is 18.6 Å². The van der Waals surface area contributed by atoms with E-state index in [0.29, 0.717) is 0 Å². The Balaban J connectivity index is 2.31. The Morgan fingerprint density at radius 1 is 1.30 bits per heavy atom. The number of hydrogen-bond acceptors (Lipinski definition) is 3. The lowest BCUT2D eigenvalue weighted by atomic mass is 9.94. The highest BCUT2D eigenvalue weighted by molar-refractivity contribution is 8.23. The van der Waals surface area contributed by atoms with Gasteiger partial charge in [0.05, 0.1) is 0 Å². The van der Waals surface area contributed by atoms with Crippen LogP contribution in [0, 0.1) is 5.41 Å². The van der Waals surface area contributed by atoms with E-state index in [4.69, 9.17) is 9.31 Å². The van der Waals surface area contributed by atoms with E-state index in [9.17, 15) is 0 Å². The first-order valence-corrected chi connectivity index (χ1v) is 4.69. The van der Waals surface area contributed by atoms with Crippen molar-refractivity contribution in [1.82, 2.24) is 0 Å². The highest BCUT2D eigenvalue weighted by Crippen LogP contribution is 2.24. The molecule has 0 unspecified atom stereocenters. The van der Waals surface area contributed by atoms with Crippen LogP contribution >= 0.6 is 11.6 Å². The number of hydrogen-bond donors (Lipinski definition) is 0. The zero-order valence-corrected chi connectivity index (χ0v) is 7.53. The molecule has 0 N–H and O–H groups in total. The van der Waals surface area contributed by atoms with E-state index in [2.05, 4.69) is 13.8 Å². The predicted molar refractivity (Wildman–Crippen MR) is 45.0 cm³/mol. The molecule has 1 rings (SSSR count). The summed E-state index contributed by atoms with van der Waals surface area (Å²) in [5, 5.41) is 0. The molecule has 0 aromatic carbocycles. The molecule has 1 heterocycles. The molecule has 1 aliphatic rings. The third kappa shape index (κ3) is 2.18. The minimum Gasteiger partial charge on any atom is -0.401 e. The second-order valence-electron chi connectivity index (χ2n) is 3.31. The molecule has 1 aliphatic heterocycles. The topological polar surface area (TPSA) is 18.5 Å². The fraction of sp³-hybridized carbons (Fsp3) is 1.00. The van der Waals surface area contributed by atoms with Crippen LogP contribution in [0.3, 0.4) is 0 Å². The van der Waals surface area contributed by atoms with Crippen molar-refractivity contribution < 1.29 is 9.31 Å². The van der Waals surface area contributed by atoms with Crippen LogP contribution < -0.4 is 0 Å². The van der Waals surface area contributed by atoms with Crippen molar-refractivity contribution in [1.29, 1.82) is 0 Å². The highest BCUT2D eigenvalue weighted by atomic mass is 32.2. The largest absolute Gasteiger partial charge is 0.531 e. The SMILES string of the molecule is CSB1OCC(C)(C)CO1. The van der Waals surface area contributed by atoms with Gasteiger partial charge in [-0.15, -0.1) is 11.6 Å². The van der Waals surface area contributed by atoms with Gasteiger partial charge in [-0.05, 0) is 6.26 Å². The van der Waals surface area contributed by atoms with E-state index in [1.165, 1.54) is 0 Å². The van der Waals surface area contributed by atoms with Crippen molar-refractivity contribution in [3.05, 3.63) is 0 Å². The maximum atomic E-state index is 5.38. The van der Waals surface area contributed by atoms with Crippen LogP contribution in [0.15, 0.2) is 0 Å². The normalized spacial score (nSPS) is 24.9. The highest BCUT2D eigenvalue weighted by Gasteiger charge is 2.31. The summed E-state index contributed by atoms with van der Waals surface area (Å²) < 4.78 is 10.8. The standard InChI is InChI=1S/C6H13BO2S/c1-6(2)4-8-7(10-3)9-5-6/h4-5H2,1-3H3. The van der Waals surface area contributed by atoms with Crippen LogP contribution in [0.2, 0.25) is 0 Å². The molecule has 2 nitrogen and oxygen atoms in total. The molecule has 0 aromatic heterocycles. The summed E-state index contributed by atoms with van der Waals surface area (Å²) in [4.78, 5) is 0. The van der Waals surface area contributed by atoms with Gasteiger partial charge in [0.15, 0.2) is 0 Å². The quantitative estimate of drug-likeness (QED) is 0.540. The first kappa shape index (κ1) is 8.43. The van der Waals surface area contributed by atoms with Crippen LogP contribution in [0.5, 0.6) is 0 Å². The Morgan fingerprint density at radius 3 is 2.20 bits per heavy atom. The van der Waals surface area contributed by atoms with Gasteiger partial charge >= 0.3 is 6.40 Å². The maximum absolute atomic E-state index is 5.38. The fourth-order valence-electron chi connectivity index (χ4n) is 0.813. The van der Waals surface area contributed by atoms with Crippen molar-refractivity contribution in [3.63, 3.8) is 0 Å². The van der Waals surface area contributed by atoms with Crippen molar-refractivity contribution >= 4 is 18.0 Å². The van der Waals surface area contributed by atoms with Crippen molar-refractivity contribution in [2.24, 2.45) is 5.41 Å². The molecule has 0 bridgehead atoms. The lowest BCUT2D eigenvalue weighted by Crippen LogP contribution is -2.38. The fourth-order valence-corrected chi connectivity index (χ4v) is 1.22. The summed E-state index contributed by atoms with van der Waals surface area (Å²) in [6, 6.07) is 0. The summed E-state index contributed by atoms with van der Waals surface area (Å²) in [6.45, 7) is 5.89. The lowest BCUT2D eigenvalue weighted by Gasteiger charge is -2.32. The average molecular weight is 160 g/mol. The zero-order valence-electron chi connectivity index (χ0n) is 6.72. The van der Waals surface area contributed by atoms with Gasteiger partial charge in [0.25, 0.3) is 0 Å². The minimum absolute atomic E-state index is 0.0342. The first-order chi connectivity index (χ1) is 4.64. The molecule has 58 valence electrons. The molecule has 4 heteroatoms. The van der Waals surface area contributed by atoms with Crippen LogP contribution in [0.4, 0.5) is 0 Å². The Kier molecular flexibility index (Phi) is 2.66. The van der Waals surface area contributed by atoms with Crippen LogP contribution in [-0.4, -0.2) is 25.9 Å².